The summed E-state index contributed by atoms with van der Waals surface area (Å²) >= 11 is 13.4. The minimum Gasteiger partial charge on any atom is -0.457 e. The molecule has 0 unspecified atom stereocenters. The van der Waals surface area contributed by atoms with E-state index in [1.807, 2.05) is 37.3 Å². The molecule has 0 spiro atoms. The van der Waals surface area contributed by atoms with Crippen molar-refractivity contribution in [3.8, 4) is 0 Å². The van der Waals surface area contributed by atoms with Gasteiger partial charge in [0.25, 0.3) is 0 Å². The molecular formula is C21H15Cl2N3O2S. The Morgan fingerprint density at radius 3 is 2.66 bits per heavy atom. The van der Waals surface area contributed by atoms with Crippen molar-refractivity contribution in [3.63, 3.8) is 0 Å². The second-order valence-corrected chi connectivity index (χ2v) is 8.09. The van der Waals surface area contributed by atoms with Gasteiger partial charge < -0.3 is 10.1 Å². The molecule has 2 aromatic heterocycles. The van der Waals surface area contributed by atoms with Crippen LogP contribution in [0, 0.1) is 6.92 Å². The van der Waals surface area contributed by atoms with E-state index < -0.39 is 0 Å². The molecule has 0 aliphatic carbocycles. The van der Waals surface area contributed by atoms with Gasteiger partial charge in [-0.05, 0) is 36.2 Å². The fraction of sp³-hybridized carbons (Fsp3) is 0.0952. The quantitative estimate of drug-likeness (QED) is 0.361. The number of hydrogen-bond donors (Lipinski definition) is 1. The van der Waals surface area contributed by atoms with E-state index in [1.165, 1.54) is 17.7 Å². The molecule has 0 saturated heterocycles. The van der Waals surface area contributed by atoms with Crippen LogP contribution >= 0.6 is 34.5 Å². The molecule has 8 heteroatoms. The van der Waals surface area contributed by atoms with Gasteiger partial charge in [-0.1, -0.05) is 53.5 Å². The molecular weight excluding hydrogens is 429 g/mol. The second kappa shape index (κ2) is 8.37. The highest BCUT2D eigenvalue weighted by molar-refractivity contribution is 7.20. The Hall–Kier alpha value is -2.67. The Morgan fingerprint density at radius 2 is 1.90 bits per heavy atom. The number of benzene rings is 2. The summed E-state index contributed by atoms with van der Waals surface area (Å²) in [7, 11) is 0. The molecule has 0 saturated carbocycles. The van der Waals surface area contributed by atoms with Crippen LogP contribution in [0.3, 0.4) is 0 Å². The molecule has 4 rings (SSSR count). The van der Waals surface area contributed by atoms with Gasteiger partial charge in [0.1, 0.15) is 28.5 Å². The van der Waals surface area contributed by atoms with Crippen LogP contribution < -0.4 is 5.32 Å². The number of hydrogen-bond acceptors (Lipinski definition) is 6. The molecule has 2 heterocycles. The van der Waals surface area contributed by atoms with Crippen LogP contribution in [0.25, 0.3) is 10.2 Å². The van der Waals surface area contributed by atoms with Crippen molar-refractivity contribution < 1.29 is 9.53 Å². The number of fused-ring (bicyclic) bond motifs is 1. The highest BCUT2D eigenvalue weighted by Crippen LogP contribution is 2.35. The van der Waals surface area contributed by atoms with Crippen LogP contribution in [0.1, 0.15) is 20.8 Å². The summed E-state index contributed by atoms with van der Waals surface area (Å²) in [5, 5.41) is 4.91. The molecule has 0 atom stereocenters. The van der Waals surface area contributed by atoms with Gasteiger partial charge in [-0.25, -0.2) is 14.8 Å². The number of thiophene rings is 1. The van der Waals surface area contributed by atoms with Crippen molar-refractivity contribution in [2.45, 2.75) is 13.5 Å². The van der Waals surface area contributed by atoms with Gasteiger partial charge in [0.2, 0.25) is 0 Å². The summed E-state index contributed by atoms with van der Waals surface area (Å²) in [6.45, 7) is 2.08. The van der Waals surface area contributed by atoms with Crippen molar-refractivity contribution in [1.82, 2.24) is 9.97 Å². The number of ether oxygens (including phenoxy) is 1. The van der Waals surface area contributed by atoms with Crippen LogP contribution in [-0.4, -0.2) is 15.9 Å². The van der Waals surface area contributed by atoms with E-state index >= 15 is 0 Å². The molecule has 2 aromatic carbocycles. The third-order valence-corrected chi connectivity index (χ3v) is 6.23. The predicted octanol–water partition coefficient (Wildman–Crippen LogP) is 6.41. The molecule has 146 valence electrons. The first-order valence-corrected chi connectivity index (χ1v) is 10.3. The number of anilines is 2. The number of aryl methyl sites for hydroxylation is 1. The van der Waals surface area contributed by atoms with Gasteiger partial charge in [0.05, 0.1) is 15.4 Å². The zero-order valence-corrected chi connectivity index (χ0v) is 17.6. The van der Waals surface area contributed by atoms with E-state index in [4.69, 9.17) is 27.9 Å². The van der Waals surface area contributed by atoms with Crippen molar-refractivity contribution in [2.75, 3.05) is 5.32 Å². The fourth-order valence-electron chi connectivity index (χ4n) is 2.86. The molecule has 0 radical (unpaired) electrons. The number of aromatic nitrogens is 2. The molecule has 29 heavy (non-hydrogen) atoms. The van der Waals surface area contributed by atoms with Gasteiger partial charge in [-0.15, -0.1) is 11.3 Å². The minimum absolute atomic E-state index is 0.216. The largest absolute Gasteiger partial charge is 0.457 e. The number of carbonyl (C=O) groups excluding carboxylic acids is 1. The molecule has 0 amide bonds. The lowest BCUT2D eigenvalue weighted by molar-refractivity contribution is 0.0478. The predicted molar refractivity (Wildman–Crippen MR) is 117 cm³/mol. The average molecular weight is 444 g/mol. The van der Waals surface area contributed by atoms with E-state index in [2.05, 4.69) is 15.3 Å². The maximum absolute atomic E-state index is 12.6. The number of nitrogens with zero attached hydrogens (tertiary/aromatic N) is 2. The first-order valence-electron chi connectivity index (χ1n) is 8.70. The molecule has 0 fully saturated rings. The topological polar surface area (TPSA) is 64.1 Å². The summed E-state index contributed by atoms with van der Waals surface area (Å²) in [5.41, 5.74) is 2.44. The second-order valence-electron chi connectivity index (χ2n) is 6.27. The summed E-state index contributed by atoms with van der Waals surface area (Å²) in [6.07, 6.45) is 1.46. The van der Waals surface area contributed by atoms with Crippen LogP contribution in [0.15, 0.2) is 54.9 Å². The Labute approximate surface area is 181 Å². The smallest absolute Gasteiger partial charge is 0.349 e. The van der Waals surface area contributed by atoms with Gasteiger partial charge in [0.15, 0.2) is 0 Å². The van der Waals surface area contributed by atoms with Crippen molar-refractivity contribution in [3.05, 3.63) is 80.9 Å². The summed E-state index contributed by atoms with van der Waals surface area (Å²) in [4.78, 5) is 22.5. The molecule has 0 aliphatic rings. The summed E-state index contributed by atoms with van der Waals surface area (Å²) in [5.74, 6) is 0.207. The molecule has 5 nitrogen and oxygen atoms in total. The standard InChI is InChI=1S/C21H15Cl2N3O2S/c1-12-17-19(26-14-7-8-15(22)16(23)9-14)24-11-25-20(17)29-18(12)21(27)28-10-13-5-3-2-4-6-13/h2-9,11H,10H2,1H3,(H,24,25,26). The fourth-order valence-corrected chi connectivity index (χ4v) is 4.20. The lowest BCUT2D eigenvalue weighted by atomic mass is 10.2. The highest BCUT2D eigenvalue weighted by Gasteiger charge is 2.20. The number of halogens is 2. The SMILES string of the molecule is Cc1c(C(=O)OCc2ccccc2)sc2ncnc(Nc3ccc(Cl)c(Cl)c3)c12. The van der Waals surface area contributed by atoms with E-state index in [0.29, 0.717) is 25.6 Å². The highest BCUT2D eigenvalue weighted by atomic mass is 35.5. The monoisotopic (exact) mass is 443 g/mol. The third kappa shape index (κ3) is 4.19. The van der Waals surface area contributed by atoms with Gasteiger partial charge in [0, 0.05) is 5.69 Å². The first-order chi connectivity index (χ1) is 14.0. The summed E-state index contributed by atoms with van der Waals surface area (Å²) < 4.78 is 5.48. The van der Waals surface area contributed by atoms with Gasteiger partial charge in [-0.2, -0.15) is 0 Å². The maximum Gasteiger partial charge on any atom is 0.349 e. The van der Waals surface area contributed by atoms with Crippen molar-refractivity contribution >= 4 is 62.2 Å². The van der Waals surface area contributed by atoms with Gasteiger partial charge in [-0.3, -0.25) is 0 Å². The van der Waals surface area contributed by atoms with E-state index in [1.54, 1.807) is 18.2 Å². The Kier molecular flexibility index (Phi) is 5.67. The van der Waals surface area contributed by atoms with Crippen LogP contribution in [0.2, 0.25) is 10.0 Å². The molecule has 1 N–H and O–H groups in total. The Balaban J connectivity index is 1.62. The Bertz CT molecular complexity index is 1200. The zero-order valence-electron chi connectivity index (χ0n) is 15.3. The minimum atomic E-state index is -0.380. The van der Waals surface area contributed by atoms with Crippen molar-refractivity contribution in [1.29, 1.82) is 0 Å². The van der Waals surface area contributed by atoms with Crippen molar-refractivity contribution in [2.24, 2.45) is 0 Å². The lowest BCUT2D eigenvalue weighted by Gasteiger charge is -2.08. The first kappa shape index (κ1) is 19.6. The molecule has 4 aromatic rings. The number of nitrogens with one attached hydrogen (secondary N) is 1. The normalized spacial score (nSPS) is 10.9. The van der Waals surface area contributed by atoms with E-state index in [9.17, 15) is 4.79 Å². The zero-order chi connectivity index (χ0) is 20.4. The number of carbonyl (C=O) groups is 1. The molecule has 0 aliphatic heterocycles. The number of esters is 1. The van der Waals surface area contributed by atoms with Crippen LogP contribution in [-0.2, 0) is 11.3 Å². The lowest BCUT2D eigenvalue weighted by Crippen LogP contribution is -2.04. The maximum atomic E-state index is 12.6. The van der Waals surface area contributed by atoms with E-state index in [0.717, 1.165) is 22.2 Å². The average Bonchev–Trinajstić information content (AvgIpc) is 3.07. The third-order valence-electron chi connectivity index (χ3n) is 4.31. The van der Waals surface area contributed by atoms with Crippen LogP contribution in [0.5, 0.6) is 0 Å². The number of rotatable bonds is 5. The van der Waals surface area contributed by atoms with E-state index in [-0.39, 0.29) is 12.6 Å². The summed E-state index contributed by atoms with van der Waals surface area (Å²) in [6, 6.07) is 14.8. The van der Waals surface area contributed by atoms with Crippen LogP contribution in [0.4, 0.5) is 11.5 Å². The molecule has 0 bridgehead atoms. The Morgan fingerprint density at radius 1 is 1.10 bits per heavy atom. The van der Waals surface area contributed by atoms with Gasteiger partial charge >= 0.3 is 5.97 Å².